The highest BCUT2D eigenvalue weighted by Gasteiger charge is 2.21. The molecular weight excluding hydrogens is 362 g/mol. The van der Waals surface area contributed by atoms with E-state index < -0.39 is 11.9 Å². The second kappa shape index (κ2) is 10.8. The SMILES string of the molecule is O=C(Cc1ccccc1)N1CCN(Cc2ccncc2)CC1.O=C(O)C(=O)O. The Hall–Kier alpha value is -3.26. The Morgan fingerprint density at radius 3 is 1.93 bits per heavy atom. The number of carbonyl (C=O) groups excluding carboxylic acids is 1. The zero-order valence-corrected chi connectivity index (χ0v) is 15.4. The van der Waals surface area contributed by atoms with Gasteiger partial charge in [0.15, 0.2) is 0 Å². The predicted molar refractivity (Wildman–Crippen MR) is 102 cm³/mol. The van der Waals surface area contributed by atoms with Crippen LogP contribution in [0.3, 0.4) is 0 Å². The molecule has 8 heteroatoms. The Bertz CT molecular complexity index is 763. The first-order valence-electron chi connectivity index (χ1n) is 8.85. The molecule has 1 fully saturated rings. The van der Waals surface area contributed by atoms with Crippen LogP contribution in [-0.4, -0.2) is 69.0 Å². The molecule has 28 heavy (non-hydrogen) atoms. The van der Waals surface area contributed by atoms with Crippen LogP contribution in [0.15, 0.2) is 54.9 Å². The molecule has 1 aromatic heterocycles. The van der Waals surface area contributed by atoms with Gasteiger partial charge < -0.3 is 15.1 Å². The number of rotatable bonds is 4. The van der Waals surface area contributed by atoms with E-state index in [1.165, 1.54) is 5.56 Å². The number of hydrogen-bond acceptors (Lipinski definition) is 5. The fraction of sp³-hybridized carbons (Fsp3) is 0.300. The number of aliphatic carboxylic acids is 2. The molecule has 148 valence electrons. The van der Waals surface area contributed by atoms with E-state index in [1.54, 1.807) is 0 Å². The average Bonchev–Trinajstić information content (AvgIpc) is 2.70. The summed E-state index contributed by atoms with van der Waals surface area (Å²) in [5, 5.41) is 14.8. The van der Waals surface area contributed by atoms with E-state index in [-0.39, 0.29) is 5.91 Å². The summed E-state index contributed by atoms with van der Waals surface area (Å²) in [6.45, 7) is 4.43. The molecule has 2 aromatic rings. The van der Waals surface area contributed by atoms with E-state index in [1.807, 2.05) is 59.8 Å². The van der Waals surface area contributed by atoms with Crippen molar-refractivity contribution in [3.63, 3.8) is 0 Å². The number of pyridine rings is 1. The van der Waals surface area contributed by atoms with Crippen molar-refractivity contribution in [1.29, 1.82) is 0 Å². The lowest BCUT2D eigenvalue weighted by molar-refractivity contribution is -0.159. The van der Waals surface area contributed by atoms with Gasteiger partial charge in [-0.15, -0.1) is 0 Å². The van der Waals surface area contributed by atoms with Crippen LogP contribution in [0.5, 0.6) is 0 Å². The first-order chi connectivity index (χ1) is 13.5. The van der Waals surface area contributed by atoms with Crippen LogP contribution in [0.1, 0.15) is 11.1 Å². The second-order valence-electron chi connectivity index (χ2n) is 6.29. The molecule has 1 saturated heterocycles. The third kappa shape index (κ3) is 7.16. The largest absolute Gasteiger partial charge is 0.473 e. The van der Waals surface area contributed by atoms with Crippen molar-refractivity contribution >= 4 is 17.8 Å². The third-order valence-electron chi connectivity index (χ3n) is 4.26. The number of amides is 1. The van der Waals surface area contributed by atoms with Crippen molar-refractivity contribution in [2.24, 2.45) is 0 Å². The Morgan fingerprint density at radius 1 is 0.821 bits per heavy atom. The van der Waals surface area contributed by atoms with E-state index >= 15 is 0 Å². The number of hydrogen-bond donors (Lipinski definition) is 2. The average molecular weight is 385 g/mol. The van der Waals surface area contributed by atoms with Crippen LogP contribution >= 0.6 is 0 Å². The summed E-state index contributed by atoms with van der Waals surface area (Å²) in [4.78, 5) is 38.9. The van der Waals surface area contributed by atoms with Gasteiger partial charge in [-0.2, -0.15) is 0 Å². The molecule has 1 amide bonds. The summed E-state index contributed by atoms with van der Waals surface area (Å²) < 4.78 is 0. The summed E-state index contributed by atoms with van der Waals surface area (Å²) in [6.07, 6.45) is 4.16. The minimum Gasteiger partial charge on any atom is -0.473 e. The number of aromatic nitrogens is 1. The van der Waals surface area contributed by atoms with Crippen LogP contribution in [0, 0.1) is 0 Å². The lowest BCUT2D eigenvalue weighted by atomic mass is 10.1. The van der Waals surface area contributed by atoms with Crippen LogP contribution in [-0.2, 0) is 27.3 Å². The topological polar surface area (TPSA) is 111 Å². The lowest BCUT2D eigenvalue weighted by Gasteiger charge is -2.34. The van der Waals surface area contributed by atoms with Gasteiger partial charge in [0.25, 0.3) is 0 Å². The summed E-state index contributed by atoms with van der Waals surface area (Å²) in [5.74, 6) is -3.42. The standard InChI is InChI=1S/C18H21N3O.C2H2O4/c22-18(14-16-4-2-1-3-5-16)21-12-10-20(11-13-21)15-17-6-8-19-9-7-17;3-1(4)2(5)6/h1-9H,10-15H2;(H,3,4)(H,5,6). The van der Waals surface area contributed by atoms with Crippen LogP contribution in [0.4, 0.5) is 0 Å². The Kier molecular flexibility index (Phi) is 8.11. The second-order valence-corrected chi connectivity index (χ2v) is 6.29. The lowest BCUT2D eigenvalue weighted by Crippen LogP contribution is -2.48. The molecule has 0 bridgehead atoms. The number of nitrogens with zero attached hydrogens (tertiary/aromatic N) is 3. The maximum Gasteiger partial charge on any atom is 0.414 e. The van der Waals surface area contributed by atoms with Crippen LogP contribution in [0.2, 0.25) is 0 Å². The van der Waals surface area contributed by atoms with Gasteiger partial charge in [0.2, 0.25) is 5.91 Å². The number of carbonyl (C=O) groups is 3. The number of piperazine rings is 1. The number of carboxylic acids is 2. The summed E-state index contributed by atoms with van der Waals surface area (Å²) >= 11 is 0. The smallest absolute Gasteiger partial charge is 0.414 e. The maximum atomic E-state index is 12.3. The monoisotopic (exact) mass is 385 g/mol. The molecule has 0 spiro atoms. The first kappa shape index (κ1) is 21.0. The quantitative estimate of drug-likeness (QED) is 0.759. The van der Waals surface area contributed by atoms with Crippen LogP contribution < -0.4 is 0 Å². The van der Waals surface area contributed by atoms with Crippen molar-refractivity contribution in [3.05, 3.63) is 66.0 Å². The molecule has 1 aliphatic heterocycles. The van der Waals surface area contributed by atoms with Gasteiger partial charge in [0.1, 0.15) is 0 Å². The normalized spacial score (nSPS) is 13.9. The highest BCUT2D eigenvalue weighted by Crippen LogP contribution is 2.10. The van der Waals surface area contributed by atoms with Crippen molar-refractivity contribution in [2.45, 2.75) is 13.0 Å². The fourth-order valence-electron chi connectivity index (χ4n) is 2.78. The van der Waals surface area contributed by atoms with Gasteiger partial charge in [0.05, 0.1) is 6.42 Å². The molecule has 2 N–H and O–H groups in total. The van der Waals surface area contributed by atoms with Gasteiger partial charge in [-0.3, -0.25) is 14.7 Å². The van der Waals surface area contributed by atoms with Crippen molar-refractivity contribution in [2.75, 3.05) is 26.2 Å². The third-order valence-corrected chi connectivity index (χ3v) is 4.26. The Morgan fingerprint density at radius 2 is 1.39 bits per heavy atom. The van der Waals surface area contributed by atoms with Gasteiger partial charge in [-0.25, -0.2) is 9.59 Å². The molecule has 1 aromatic carbocycles. The molecular formula is C20H23N3O5. The van der Waals surface area contributed by atoms with Gasteiger partial charge in [-0.05, 0) is 23.3 Å². The predicted octanol–water partition coefficient (Wildman–Crippen LogP) is 1.12. The molecule has 2 heterocycles. The summed E-state index contributed by atoms with van der Waals surface area (Å²) in [6, 6.07) is 14.1. The minimum absolute atomic E-state index is 0.231. The van der Waals surface area contributed by atoms with E-state index in [0.717, 1.165) is 38.3 Å². The molecule has 0 saturated carbocycles. The summed E-state index contributed by atoms with van der Waals surface area (Å²) in [5.41, 5.74) is 2.37. The highest BCUT2D eigenvalue weighted by molar-refractivity contribution is 6.27. The van der Waals surface area contributed by atoms with Gasteiger partial charge in [-0.1, -0.05) is 30.3 Å². The zero-order chi connectivity index (χ0) is 20.4. The number of carboxylic acid groups (broad SMARTS) is 2. The molecule has 0 aliphatic carbocycles. The number of benzene rings is 1. The van der Waals surface area contributed by atoms with Crippen molar-refractivity contribution in [1.82, 2.24) is 14.8 Å². The van der Waals surface area contributed by atoms with Gasteiger partial charge in [0, 0.05) is 45.1 Å². The molecule has 3 rings (SSSR count). The van der Waals surface area contributed by atoms with E-state index in [0.29, 0.717) is 6.42 Å². The summed E-state index contributed by atoms with van der Waals surface area (Å²) in [7, 11) is 0. The molecule has 0 unspecified atom stereocenters. The molecule has 8 nitrogen and oxygen atoms in total. The Balaban J connectivity index is 0.000000409. The molecule has 0 radical (unpaired) electrons. The van der Waals surface area contributed by atoms with Crippen molar-refractivity contribution < 1.29 is 24.6 Å². The maximum absolute atomic E-state index is 12.3. The van der Waals surface area contributed by atoms with Crippen molar-refractivity contribution in [3.8, 4) is 0 Å². The first-order valence-corrected chi connectivity index (χ1v) is 8.85. The van der Waals surface area contributed by atoms with E-state index in [9.17, 15) is 4.79 Å². The van der Waals surface area contributed by atoms with Crippen LogP contribution in [0.25, 0.3) is 0 Å². The molecule has 1 aliphatic rings. The minimum atomic E-state index is -1.82. The van der Waals surface area contributed by atoms with Gasteiger partial charge >= 0.3 is 11.9 Å². The zero-order valence-electron chi connectivity index (χ0n) is 15.4. The molecule has 0 atom stereocenters. The fourth-order valence-corrected chi connectivity index (χ4v) is 2.78. The highest BCUT2D eigenvalue weighted by atomic mass is 16.4. The van der Waals surface area contributed by atoms with E-state index in [2.05, 4.69) is 9.88 Å². The Labute approximate surface area is 163 Å². The van der Waals surface area contributed by atoms with E-state index in [4.69, 9.17) is 19.8 Å².